The third-order valence-electron chi connectivity index (χ3n) is 10.1. The summed E-state index contributed by atoms with van der Waals surface area (Å²) in [5.41, 5.74) is 7.20. The van der Waals surface area contributed by atoms with Crippen LogP contribution in [0.2, 0.25) is 0 Å². The van der Waals surface area contributed by atoms with Crippen molar-refractivity contribution in [2.45, 2.75) is 132 Å². The Bertz CT molecular complexity index is 1470. The highest BCUT2D eigenvalue weighted by Crippen LogP contribution is 2.48. The molecule has 6 nitrogen and oxygen atoms in total. The minimum absolute atomic E-state index is 0.0326. The average Bonchev–Trinajstić information content (AvgIpc) is 2.95. The molecular weight excluding hydrogens is 557 g/mol. The van der Waals surface area contributed by atoms with Crippen LogP contribution in [0.5, 0.6) is 5.75 Å². The Labute approximate surface area is 262 Å². The Morgan fingerprint density at radius 1 is 1.09 bits per heavy atom. The van der Waals surface area contributed by atoms with E-state index in [0.717, 1.165) is 76.6 Å². The molecule has 1 saturated carbocycles. The van der Waals surface area contributed by atoms with Gasteiger partial charge in [0.25, 0.3) is 0 Å². The average molecular weight is 608 g/mol. The van der Waals surface area contributed by atoms with Gasteiger partial charge >= 0.3 is 5.97 Å². The molecule has 7 heteroatoms. The highest BCUT2D eigenvalue weighted by atomic mass is 19.1. The van der Waals surface area contributed by atoms with Crippen molar-refractivity contribution in [3.05, 3.63) is 50.8 Å². The van der Waals surface area contributed by atoms with E-state index in [1.807, 2.05) is 34.6 Å². The number of carbonyl (C=O) groups is 2. The van der Waals surface area contributed by atoms with Crippen LogP contribution in [0.3, 0.4) is 0 Å². The molecule has 0 radical (unpaired) electrons. The van der Waals surface area contributed by atoms with Crippen LogP contribution in [0.4, 0.5) is 4.39 Å². The molecule has 0 bridgehead atoms. The molecule has 0 saturated heterocycles. The summed E-state index contributed by atoms with van der Waals surface area (Å²) in [6.07, 6.45) is 5.15. The molecule has 2 aliphatic heterocycles. The maximum atomic E-state index is 15.8. The number of carbonyl (C=O) groups excluding carboxylic acids is 2. The Balaban J connectivity index is 1.79. The minimum Gasteiger partial charge on any atom is -0.490 e. The molecule has 2 atom stereocenters. The van der Waals surface area contributed by atoms with Gasteiger partial charge in [0.2, 0.25) is 5.91 Å². The van der Waals surface area contributed by atoms with E-state index in [2.05, 4.69) is 25.7 Å². The van der Waals surface area contributed by atoms with E-state index in [-0.39, 0.29) is 30.4 Å². The van der Waals surface area contributed by atoms with Gasteiger partial charge in [-0.15, -0.1) is 0 Å². The topological polar surface area (TPSA) is 65.1 Å². The highest BCUT2D eigenvalue weighted by Gasteiger charge is 2.42. The summed E-state index contributed by atoms with van der Waals surface area (Å²) in [6, 6.07) is 1.73. The summed E-state index contributed by atoms with van der Waals surface area (Å²) in [5.74, 6) is -0.434. The molecule has 2 heterocycles. The number of rotatable bonds is 6. The van der Waals surface area contributed by atoms with Crippen molar-refractivity contribution in [1.82, 2.24) is 4.90 Å². The van der Waals surface area contributed by atoms with Crippen LogP contribution in [0, 0.1) is 32.0 Å². The first-order valence-corrected chi connectivity index (χ1v) is 16.4. The molecule has 2 aromatic carbocycles. The van der Waals surface area contributed by atoms with Crippen LogP contribution in [-0.4, -0.2) is 41.6 Å². The fraction of sp³-hybridized carbons (Fsp3) is 0.622. The van der Waals surface area contributed by atoms with Crippen molar-refractivity contribution in [3.63, 3.8) is 0 Å². The first-order valence-electron chi connectivity index (χ1n) is 16.4. The lowest BCUT2D eigenvalue weighted by atomic mass is 9.71. The van der Waals surface area contributed by atoms with Gasteiger partial charge in [-0.05, 0) is 125 Å². The highest BCUT2D eigenvalue weighted by molar-refractivity contribution is 5.89. The number of ether oxygens (including phenoxy) is 3. The largest absolute Gasteiger partial charge is 0.490 e. The van der Waals surface area contributed by atoms with Gasteiger partial charge in [0.1, 0.15) is 0 Å². The number of hydrogen-bond acceptors (Lipinski definition) is 5. The van der Waals surface area contributed by atoms with Crippen LogP contribution in [0.1, 0.15) is 119 Å². The lowest BCUT2D eigenvalue weighted by Gasteiger charge is -2.47. The number of fused-ring (bicyclic) bond motifs is 2. The zero-order valence-corrected chi connectivity index (χ0v) is 28.2. The lowest BCUT2D eigenvalue weighted by Crippen LogP contribution is -2.51. The summed E-state index contributed by atoms with van der Waals surface area (Å²) in [6.45, 7) is 19.3. The molecule has 44 heavy (non-hydrogen) atoms. The van der Waals surface area contributed by atoms with E-state index in [4.69, 9.17) is 14.2 Å². The SMILES string of the molecule is CCOC(=O)[C@@H](OC(C)(C)C)c1c(C)c2c(c(C)c1-c1cc(F)c3c(c1C)CCCO3)CN([C@@H]1CCCCC1(C)C)C(=O)C2. The van der Waals surface area contributed by atoms with Crippen molar-refractivity contribution in [2.75, 3.05) is 13.2 Å². The summed E-state index contributed by atoms with van der Waals surface area (Å²) in [5, 5.41) is 0. The van der Waals surface area contributed by atoms with E-state index in [1.165, 1.54) is 6.42 Å². The Morgan fingerprint density at radius 2 is 1.82 bits per heavy atom. The van der Waals surface area contributed by atoms with Crippen LogP contribution in [0.25, 0.3) is 11.1 Å². The van der Waals surface area contributed by atoms with Gasteiger partial charge in [-0.2, -0.15) is 0 Å². The smallest absolute Gasteiger partial charge is 0.339 e. The number of nitrogens with zero attached hydrogens (tertiary/aromatic N) is 1. The molecule has 1 fully saturated rings. The van der Waals surface area contributed by atoms with Crippen molar-refractivity contribution in [1.29, 1.82) is 0 Å². The van der Waals surface area contributed by atoms with E-state index in [9.17, 15) is 9.59 Å². The van der Waals surface area contributed by atoms with Gasteiger partial charge in [0.15, 0.2) is 17.7 Å². The molecule has 0 N–H and O–H groups in total. The zero-order valence-electron chi connectivity index (χ0n) is 28.2. The second kappa shape index (κ2) is 12.1. The molecule has 3 aliphatic rings. The van der Waals surface area contributed by atoms with E-state index in [1.54, 1.807) is 13.0 Å². The maximum absolute atomic E-state index is 15.8. The molecule has 0 unspecified atom stereocenters. The normalized spacial score (nSPS) is 20.5. The van der Waals surface area contributed by atoms with Gasteiger partial charge in [-0.1, -0.05) is 26.7 Å². The molecule has 1 aliphatic carbocycles. The number of hydrogen-bond donors (Lipinski definition) is 0. The number of halogens is 1. The summed E-state index contributed by atoms with van der Waals surface area (Å²) in [7, 11) is 0. The van der Waals surface area contributed by atoms with E-state index < -0.39 is 23.5 Å². The predicted molar refractivity (Wildman–Crippen MR) is 170 cm³/mol. The van der Waals surface area contributed by atoms with E-state index >= 15 is 4.39 Å². The van der Waals surface area contributed by atoms with Crippen LogP contribution in [-0.2, 0) is 38.4 Å². The third kappa shape index (κ3) is 5.89. The fourth-order valence-corrected chi connectivity index (χ4v) is 7.85. The zero-order chi connectivity index (χ0) is 32.1. The lowest BCUT2D eigenvalue weighted by molar-refractivity contribution is -0.166. The summed E-state index contributed by atoms with van der Waals surface area (Å²) >= 11 is 0. The third-order valence-corrected chi connectivity index (χ3v) is 10.1. The Morgan fingerprint density at radius 3 is 2.48 bits per heavy atom. The molecule has 2 aromatic rings. The molecule has 0 aromatic heterocycles. The summed E-state index contributed by atoms with van der Waals surface area (Å²) < 4.78 is 33.6. The van der Waals surface area contributed by atoms with Crippen molar-refractivity contribution < 1.29 is 28.2 Å². The van der Waals surface area contributed by atoms with Gasteiger partial charge < -0.3 is 19.1 Å². The van der Waals surface area contributed by atoms with E-state index in [0.29, 0.717) is 24.5 Å². The number of amides is 1. The molecule has 5 rings (SSSR count). The van der Waals surface area contributed by atoms with Crippen LogP contribution >= 0.6 is 0 Å². The van der Waals surface area contributed by atoms with Crippen LogP contribution in [0.15, 0.2) is 6.07 Å². The first kappa shape index (κ1) is 32.5. The van der Waals surface area contributed by atoms with Crippen molar-refractivity contribution in [3.8, 4) is 16.9 Å². The van der Waals surface area contributed by atoms with Gasteiger partial charge in [-0.25, -0.2) is 9.18 Å². The van der Waals surface area contributed by atoms with Gasteiger partial charge in [0.05, 0.1) is 25.2 Å². The number of esters is 1. The fourth-order valence-electron chi connectivity index (χ4n) is 7.85. The van der Waals surface area contributed by atoms with Crippen LogP contribution < -0.4 is 4.74 Å². The second-order valence-electron chi connectivity index (χ2n) is 14.6. The molecule has 240 valence electrons. The van der Waals surface area contributed by atoms with Crippen molar-refractivity contribution in [2.24, 2.45) is 5.41 Å². The molecule has 0 spiro atoms. The summed E-state index contributed by atoms with van der Waals surface area (Å²) in [4.78, 5) is 29.7. The standard InChI is InChI=1S/C37H50FNO5/c1-10-42-35(41)34(44-36(5,6)7)32-22(3)25-19-30(40)39(29-15-11-12-16-37(29,8)9)20-27(25)23(4)31(32)26-18-28(38)33-24(21(26)2)14-13-17-43-33/h18,29,34H,10-17,19-20H2,1-9H3/t29-,34+/m1/s1. The van der Waals surface area contributed by atoms with Gasteiger partial charge in [-0.3, -0.25) is 4.79 Å². The molecule has 1 amide bonds. The Hall–Kier alpha value is -2.93. The monoisotopic (exact) mass is 607 g/mol. The number of benzene rings is 2. The predicted octanol–water partition coefficient (Wildman–Crippen LogP) is 8.02. The van der Waals surface area contributed by atoms with Crippen molar-refractivity contribution >= 4 is 11.9 Å². The van der Waals surface area contributed by atoms with Gasteiger partial charge in [0, 0.05) is 23.7 Å². The first-order chi connectivity index (χ1) is 20.7. The second-order valence-corrected chi connectivity index (χ2v) is 14.6. The maximum Gasteiger partial charge on any atom is 0.339 e. The minimum atomic E-state index is -1.05. The Kier molecular flexibility index (Phi) is 8.93. The quantitative estimate of drug-likeness (QED) is 0.311. The molecular formula is C37H50FNO5.